The van der Waals surface area contributed by atoms with Crippen LogP contribution in [0.5, 0.6) is 0 Å². The third-order valence-electron chi connectivity index (χ3n) is 3.31. The Labute approximate surface area is 146 Å². The minimum absolute atomic E-state index is 0.172. The predicted molar refractivity (Wildman–Crippen MR) is 95.7 cm³/mol. The van der Waals surface area contributed by atoms with Gasteiger partial charge in [0.1, 0.15) is 5.69 Å². The average molecular weight is 432 g/mol. The van der Waals surface area contributed by atoms with Gasteiger partial charge in [-0.05, 0) is 19.3 Å². The maximum absolute atomic E-state index is 11.8. The van der Waals surface area contributed by atoms with Crippen LogP contribution in [0.15, 0.2) is 40.9 Å². The van der Waals surface area contributed by atoms with Gasteiger partial charge in [-0.25, -0.2) is 0 Å². The predicted octanol–water partition coefficient (Wildman–Crippen LogP) is 4.25. The fourth-order valence-corrected chi connectivity index (χ4v) is 1.94. The highest BCUT2D eigenvalue weighted by molar-refractivity contribution is 14.2. The van der Waals surface area contributed by atoms with E-state index in [0.717, 1.165) is 18.4 Å². The molecule has 0 atom stereocenters. The summed E-state index contributed by atoms with van der Waals surface area (Å²) in [5.41, 5.74) is 1.64. The van der Waals surface area contributed by atoms with Crippen molar-refractivity contribution < 1.29 is 13.5 Å². The maximum atomic E-state index is 11.8. The largest absolute Gasteiger partial charge is 0.350 e. The summed E-state index contributed by atoms with van der Waals surface area (Å²) in [7, 11) is 2.96. The van der Waals surface area contributed by atoms with Gasteiger partial charge in [0.2, 0.25) is 5.76 Å². The molecule has 1 saturated carbocycles. The first kappa shape index (κ1) is 17.3. The normalized spacial score (nSPS) is 13.7. The Hall–Kier alpha value is -1.06. The number of amides is 1. The first-order valence-corrected chi connectivity index (χ1v) is 10.2. The van der Waals surface area contributed by atoms with Gasteiger partial charge in [0.05, 0.1) is 16.3 Å². The van der Waals surface area contributed by atoms with Gasteiger partial charge in [0.15, 0.2) is 0 Å². The van der Waals surface area contributed by atoms with Gasteiger partial charge in [-0.1, -0.05) is 35.5 Å². The van der Waals surface area contributed by atoms with Crippen LogP contribution in [-0.4, -0.2) is 24.2 Å². The molecule has 1 heterocycles. The number of carbonyl (C=O) groups excluding carboxylic acids is 1. The second-order valence-corrected chi connectivity index (χ2v) is 6.31. The van der Waals surface area contributed by atoms with E-state index >= 15 is 0 Å². The van der Waals surface area contributed by atoms with E-state index in [1.165, 1.54) is 15.6 Å². The van der Waals surface area contributed by atoms with E-state index in [2.05, 4.69) is 14.7 Å². The van der Waals surface area contributed by atoms with Crippen molar-refractivity contribution >= 4 is 36.3 Å². The van der Waals surface area contributed by atoms with Gasteiger partial charge in [0.25, 0.3) is 5.91 Å². The molecule has 7 heteroatoms. The summed E-state index contributed by atoms with van der Waals surface area (Å²) in [6, 6.07) is 11.7. The molecule has 1 fully saturated rings. The molecule has 0 unspecified atom stereocenters. The Morgan fingerprint density at radius 3 is 2.64 bits per heavy atom. The summed E-state index contributed by atoms with van der Waals surface area (Å²) in [6.45, 7) is 0. The number of halogens is 1. The molecule has 0 radical (unpaired) electrons. The second-order valence-electron chi connectivity index (χ2n) is 4.77. The van der Waals surface area contributed by atoms with Crippen molar-refractivity contribution in [1.82, 2.24) is 10.5 Å². The Kier molecular flexibility index (Phi) is 7.20. The highest BCUT2D eigenvalue weighted by Crippen LogP contribution is 2.21. The van der Waals surface area contributed by atoms with Crippen LogP contribution in [0, 0.1) is 0 Å². The fourth-order valence-electron chi connectivity index (χ4n) is 1.94. The monoisotopic (exact) mass is 432 g/mol. The Morgan fingerprint density at radius 2 is 2.09 bits per heavy atom. The summed E-state index contributed by atoms with van der Waals surface area (Å²) in [6.07, 6.45) is 3.31. The summed E-state index contributed by atoms with van der Waals surface area (Å²) >= 11 is 2.05. The van der Waals surface area contributed by atoms with Gasteiger partial charge in [0, 0.05) is 38.9 Å². The number of nitrogens with one attached hydrogen (secondary N) is 1. The van der Waals surface area contributed by atoms with Crippen LogP contribution in [0.1, 0.15) is 29.8 Å². The van der Waals surface area contributed by atoms with Gasteiger partial charge in [-0.2, -0.15) is 0 Å². The number of nitrogens with zero attached hydrogens (tertiary/aromatic N) is 1. The van der Waals surface area contributed by atoms with E-state index in [1.807, 2.05) is 51.5 Å². The van der Waals surface area contributed by atoms with Crippen LogP contribution < -0.4 is 5.32 Å². The number of benzene rings is 1. The van der Waals surface area contributed by atoms with Gasteiger partial charge in [-0.15, -0.1) is 0 Å². The fraction of sp³-hybridized carbons (Fsp3) is 0.333. The zero-order valence-corrected chi connectivity index (χ0v) is 15.1. The zero-order chi connectivity index (χ0) is 15.8. The molecule has 1 aromatic carbocycles. The first-order valence-electron chi connectivity index (χ1n) is 6.89. The van der Waals surface area contributed by atoms with Crippen LogP contribution >= 0.6 is 30.4 Å². The zero-order valence-electron chi connectivity index (χ0n) is 12.1. The molecule has 0 spiro atoms. The number of carbonyl (C=O) groups is 1. The molecule has 1 aliphatic carbocycles. The molecule has 5 nitrogen and oxygen atoms in total. The molecule has 0 bridgehead atoms. The lowest BCUT2D eigenvalue weighted by Crippen LogP contribution is -2.39. The van der Waals surface area contributed by atoms with Gasteiger partial charge in [-0.3, -0.25) is 4.79 Å². The topological polar surface area (TPSA) is 64.4 Å². The van der Waals surface area contributed by atoms with Crippen molar-refractivity contribution in [2.75, 3.05) is 7.11 Å². The van der Waals surface area contributed by atoms with Crippen LogP contribution in [0.4, 0.5) is 0 Å². The third kappa shape index (κ3) is 4.99. The number of rotatable bonds is 4. The van der Waals surface area contributed by atoms with Gasteiger partial charge < -0.3 is 14.0 Å². The van der Waals surface area contributed by atoms with Crippen molar-refractivity contribution in [3.05, 3.63) is 42.2 Å². The molecule has 1 N–H and O–H groups in total. The summed E-state index contributed by atoms with van der Waals surface area (Å²) in [4.78, 5) is 11.8. The van der Waals surface area contributed by atoms with E-state index in [4.69, 9.17) is 4.52 Å². The van der Waals surface area contributed by atoms with Crippen molar-refractivity contribution in [2.24, 2.45) is 0 Å². The third-order valence-corrected chi connectivity index (χ3v) is 4.51. The van der Waals surface area contributed by atoms with Crippen LogP contribution in [-0.2, 0) is 4.18 Å². The number of aromatic nitrogens is 1. The Morgan fingerprint density at radius 1 is 1.41 bits per heavy atom. The van der Waals surface area contributed by atoms with E-state index in [0.29, 0.717) is 11.7 Å². The summed E-state index contributed by atoms with van der Waals surface area (Å²) < 4.78 is 9.53. The quantitative estimate of drug-likeness (QED) is 0.578. The van der Waals surface area contributed by atoms with E-state index in [9.17, 15) is 4.79 Å². The standard InChI is InChI=1S/C14H14N2O2.CH3IOS/c17-14(15-11-7-4-8-11)13-9-12(16-18-13)10-5-2-1-3-6-10;1-3-4-2/h1-3,5-6,9,11H,4,7-8H2,(H,15,17);1H3. The molecule has 0 saturated heterocycles. The van der Waals surface area contributed by atoms with Crippen molar-refractivity contribution in [2.45, 2.75) is 25.3 Å². The smallest absolute Gasteiger partial charge is 0.290 e. The minimum Gasteiger partial charge on any atom is -0.350 e. The molecule has 2 aromatic rings. The molecule has 1 amide bonds. The second kappa shape index (κ2) is 9.16. The highest BCUT2D eigenvalue weighted by atomic mass is 127. The van der Waals surface area contributed by atoms with Crippen LogP contribution in [0.3, 0.4) is 0 Å². The van der Waals surface area contributed by atoms with Crippen molar-refractivity contribution in [3.63, 3.8) is 0 Å². The van der Waals surface area contributed by atoms with Crippen LogP contribution in [0.2, 0.25) is 0 Å². The number of hydrogen-bond acceptors (Lipinski definition) is 5. The summed E-state index contributed by atoms with van der Waals surface area (Å²) in [5.74, 6) is 0.107. The van der Waals surface area contributed by atoms with Crippen molar-refractivity contribution in [1.29, 1.82) is 0 Å². The molecule has 3 rings (SSSR count). The minimum atomic E-state index is -0.172. The van der Waals surface area contributed by atoms with E-state index in [1.54, 1.807) is 13.2 Å². The molecule has 22 heavy (non-hydrogen) atoms. The lowest BCUT2D eigenvalue weighted by atomic mass is 9.93. The van der Waals surface area contributed by atoms with Gasteiger partial charge >= 0.3 is 0 Å². The lowest BCUT2D eigenvalue weighted by molar-refractivity contribution is 0.0879. The molecule has 0 aliphatic heterocycles. The maximum Gasteiger partial charge on any atom is 0.290 e. The lowest BCUT2D eigenvalue weighted by Gasteiger charge is -2.25. The SMILES string of the molecule is COSI.O=C(NC1CCC1)c1cc(-c2ccccc2)no1. The molecular weight excluding hydrogens is 415 g/mol. The Bertz CT molecular complexity index is 585. The van der Waals surface area contributed by atoms with E-state index in [-0.39, 0.29) is 11.7 Å². The first-order chi connectivity index (χ1) is 10.7. The molecular formula is C15H17IN2O3S. The molecule has 1 aliphatic rings. The summed E-state index contributed by atoms with van der Waals surface area (Å²) in [5, 5.41) is 6.85. The van der Waals surface area contributed by atoms with Crippen molar-refractivity contribution in [3.8, 4) is 11.3 Å². The highest BCUT2D eigenvalue weighted by Gasteiger charge is 2.22. The molecule has 1 aromatic heterocycles. The molecule has 118 valence electrons. The number of hydrogen-bond donors (Lipinski definition) is 1. The van der Waals surface area contributed by atoms with E-state index < -0.39 is 0 Å². The average Bonchev–Trinajstić information content (AvgIpc) is 3.02. The van der Waals surface area contributed by atoms with Crippen LogP contribution in [0.25, 0.3) is 11.3 Å². The Balaban J connectivity index is 0.000000396.